The van der Waals surface area contributed by atoms with E-state index in [9.17, 15) is 14.4 Å². The Kier molecular flexibility index (Phi) is 7.59. The van der Waals surface area contributed by atoms with Crippen LogP contribution in [-0.4, -0.2) is 37.5 Å². The van der Waals surface area contributed by atoms with Crippen LogP contribution in [0.15, 0.2) is 53.1 Å². The third-order valence-corrected chi connectivity index (χ3v) is 11.6. The molecule has 2 aromatic carbocycles. The van der Waals surface area contributed by atoms with Gasteiger partial charge in [0.15, 0.2) is 0 Å². The lowest BCUT2D eigenvalue weighted by atomic mass is 9.93. The molecule has 51 heavy (non-hydrogen) atoms. The van der Waals surface area contributed by atoms with Gasteiger partial charge in [-0.3, -0.25) is 9.78 Å². The van der Waals surface area contributed by atoms with Crippen molar-refractivity contribution in [3.63, 3.8) is 0 Å². The van der Waals surface area contributed by atoms with E-state index in [1.807, 2.05) is 23.1 Å². The highest BCUT2D eigenvalue weighted by Gasteiger charge is 2.45. The Bertz CT molecular complexity index is 2460. The minimum absolute atomic E-state index is 0.0651. The van der Waals surface area contributed by atoms with Gasteiger partial charge in [0, 0.05) is 30.1 Å². The molecule has 1 saturated heterocycles. The van der Waals surface area contributed by atoms with Crippen molar-refractivity contribution >= 4 is 44.7 Å². The number of amides is 1. The van der Waals surface area contributed by atoms with Gasteiger partial charge in [0.05, 0.1) is 44.3 Å². The molecule has 1 N–H and O–H groups in total. The highest BCUT2D eigenvalue weighted by molar-refractivity contribution is 7.23. The molecule has 0 unspecified atom stereocenters. The van der Waals surface area contributed by atoms with Crippen LogP contribution in [0.4, 0.5) is 14.6 Å². The number of carbonyl (C=O) groups excluding carboxylic acids is 1. The molecule has 0 bridgehead atoms. The lowest BCUT2D eigenvalue weighted by Gasteiger charge is -2.16. The maximum atomic E-state index is 15.2. The Morgan fingerprint density at radius 1 is 1.10 bits per heavy atom. The predicted molar refractivity (Wildman–Crippen MR) is 189 cm³/mol. The van der Waals surface area contributed by atoms with Crippen molar-refractivity contribution in [1.29, 1.82) is 5.26 Å². The molecule has 1 aliphatic carbocycles. The van der Waals surface area contributed by atoms with Crippen molar-refractivity contribution in [3.8, 4) is 28.0 Å². The summed E-state index contributed by atoms with van der Waals surface area (Å²) in [5, 5.41) is 22.5. The molecule has 6 heterocycles. The summed E-state index contributed by atoms with van der Waals surface area (Å²) in [7, 11) is 0. The molecular formula is C38H28ClF2N7O2S. The quantitative estimate of drug-likeness (QED) is 0.174. The van der Waals surface area contributed by atoms with Crippen molar-refractivity contribution in [2.75, 3.05) is 11.9 Å². The zero-order valence-electron chi connectivity index (χ0n) is 27.3. The summed E-state index contributed by atoms with van der Waals surface area (Å²) >= 11 is 7.80. The number of hydrogen-bond donors (Lipinski definition) is 1. The van der Waals surface area contributed by atoms with E-state index in [2.05, 4.69) is 15.5 Å². The molecule has 9 rings (SSSR count). The van der Waals surface area contributed by atoms with Crippen LogP contribution < -0.4 is 5.32 Å². The number of nitriles is 1. The molecule has 9 nitrogen and oxygen atoms in total. The average molecular weight is 720 g/mol. The molecule has 2 atom stereocenters. The Labute approximate surface area is 299 Å². The molecule has 13 heteroatoms. The van der Waals surface area contributed by atoms with Gasteiger partial charge in [-0.25, -0.2) is 13.8 Å². The van der Waals surface area contributed by atoms with E-state index in [1.54, 1.807) is 31.3 Å². The number of fused-ring (bicyclic) bond motifs is 5. The van der Waals surface area contributed by atoms with Gasteiger partial charge in [-0.15, -0.1) is 21.5 Å². The van der Waals surface area contributed by atoms with Crippen molar-refractivity contribution in [2.45, 2.75) is 57.5 Å². The topological polar surface area (TPSA) is 121 Å². The summed E-state index contributed by atoms with van der Waals surface area (Å²) in [6.07, 6.45) is 5.61. The molecule has 4 aromatic heterocycles. The molecule has 3 aliphatic rings. The van der Waals surface area contributed by atoms with E-state index < -0.39 is 5.82 Å². The summed E-state index contributed by atoms with van der Waals surface area (Å²) in [5.74, 6) is 0.350. The molecule has 0 spiro atoms. The number of carbonyl (C=O) groups is 1. The second-order valence-corrected chi connectivity index (χ2v) is 14.6. The van der Waals surface area contributed by atoms with Crippen molar-refractivity contribution in [2.24, 2.45) is 0 Å². The highest BCUT2D eigenvalue weighted by Crippen LogP contribution is 2.51. The molecule has 1 amide bonds. The van der Waals surface area contributed by atoms with Crippen molar-refractivity contribution < 1.29 is 18.0 Å². The van der Waals surface area contributed by atoms with E-state index in [4.69, 9.17) is 26.0 Å². The first-order valence-electron chi connectivity index (χ1n) is 16.8. The normalized spacial score (nSPS) is 17.5. The average Bonchev–Trinajstić information content (AvgIpc) is 3.96. The Morgan fingerprint density at radius 2 is 1.94 bits per heavy atom. The molecule has 6 aromatic rings. The number of nitrogens with one attached hydrogen (secondary N) is 1. The minimum atomic E-state index is -0.565. The van der Waals surface area contributed by atoms with Gasteiger partial charge in [0.2, 0.25) is 11.8 Å². The van der Waals surface area contributed by atoms with E-state index in [-0.39, 0.29) is 40.3 Å². The van der Waals surface area contributed by atoms with Gasteiger partial charge in [0.1, 0.15) is 29.1 Å². The van der Waals surface area contributed by atoms with E-state index >= 15 is 4.39 Å². The fourth-order valence-electron chi connectivity index (χ4n) is 7.81. The SMILES string of the molecule is Cc1nnc(-c2c(CCc3ccc(F)cc3)nc3c(c2-c2cc4ccnc(N[C@@H]5CCc6c5cc(Cl)c(C#N)c6F)c4s2)C(=O)N2CCC[C@H]32)o1. The fourth-order valence-corrected chi connectivity index (χ4v) is 9.22. The van der Waals surface area contributed by atoms with Gasteiger partial charge < -0.3 is 14.6 Å². The molecule has 1 fully saturated rings. The number of nitrogens with zero attached hydrogens (tertiary/aromatic N) is 6. The van der Waals surface area contributed by atoms with E-state index in [0.717, 1.165) is 44.8 Å². The Hall–Kier alpha value is -5.25. The summed E-state index contributed by atoms with van der Waals surface area (Å²) in [4.78, 5) is 26.8. The predicted octanol–water partition coefficient (Wildman–Crippen LogP) is 8.70. The molecule has 254 valence electrons. The van der Waals surface area contributed by atoms with Crippen LogP contribution in [0.5, 0.6) is 0 Å². The van der Waals surface area contributed by atoms with Crippen LogP contribution in [0.3, 0.4) is 0 Å². The number of pyridine rings is 2. The van der Waals surface area contributed by atoms with Gasteiger partial charge >= 0.3 is 0 Å². The summed E-state index contributed by atoms with van der Waals surface area (Å²) in [6.45, 7) is 2.38. The number of aryl methyl sites for hydroxylation is 3. The lowest BCUT2D eigenvalue weighted by Crippen LogP contribution is -2.22. The first-order valence-corrected chi connectivity index (χ1v) is 18.0. The van der Waals surface area contributed by atoms with E-state index in [1.165, 1.54) is 23.5 Å². The Balaban J connectivity index is 1.19. The number of halogens is 3. The standard InChI is InChI=1S/C38H28ClF2N7O2S/c1-18-46-47-37(50-18)30-27(10-6-19-4-7-21(40)8-5-19)44-34-28-3-2-14-48(28)38(49)32(34)31(30)29-15-20-12-13-43-36(35(20)51-29)45-26-11-9-22-23(26)16-25(39)24(17-42)33(22)41/h4-5,7-8,12-13,15-16,26,28H,2-3,6,9-11,14H2,1H3,(H,43,45)/t26-,28-/m1/s1. The molecule has 0 radical (unpaired) electrons. The van der Waals surface area contributed by atoms with Crippen molar-refractivity contribution in [3.05, 3.63) is 110 Å². The Morgan fingerprint density at radius 3 is 2.73 bits per heavy atom. The van der Waals surface area contributed by atoms with Gasteiger partial charge in [0.25, 0.3) is 5.91 Å². The number of aromatic nitrogens is 4. The second kappa shape index (κ2) is 12.2. The number of anilines is 1. The molecular weight excluding hydrogens is 692 g/mol. The fraction of sp³-hybridized carbons (Fsp3) is 0.263. The number of thiophene rings is 1. The number of benzene rings is 2. The number of hydrogen-bond acceptors (Lipinski definition) is 9. The highest BCUT2D eigenvalue weighted by atomic mass is 35.5. The van der Waals surface area contributed by atoms with Crippen molar-refractivity contribution in [1.82, 2.24) is 25.1 Å². The largest absolute Gasteiger partial charge is 0.421 e. The van der Waals surface area contributed by atoms with Crippen LogP contribution in [0.25, 0.3) is 32.0 Å². The maximum absolute atomic E-state index is 15.2. The zero-order chi connectivity index (χ0) is 35.0. The van der Waals surface area contributed by atoms with Crippen LogP contribution in [0.2, 0.25) is 5.02 Å². The first kappa shape index (κ1) is 31.7. The number of rotatable bonds is 7. The lowest BCUT2D eigenvalue weighted by molar-refractivity contribution is 0.0776. The van der Waals surface area contributed by atoms with E-state index in [0.29, 0.717) is 71.8 Å². The molecule has 0 saturated carbocycles. The van der Waals surface area contributed by atoms with Gasteiger partial charge in [-0.2, -0.15) is 5.26 Å². The monoisotopic (exact) mass is 719 g/mol. The second-order valence-electron chi connectivity index (χ2n) is 13.1. The summed E-state index contributed by atoms with van der Waals surface area (Å²) in [5.41, 5.74) is 5.37. The van der Waals surface area contributed by atoms with Gasteiger partial charge in [-0.1, -0.05) is 23.7 Å². The zero-order valence-corrected chi connectivity index (χ0v) is 28.8. The van der Waals surface area contributed by atoms with Crippen LogP contribution >= 0.6 is 22.9 Å². The smallest absolute Gasteiger partial charge is 0.257 e. The minimum Gasteiger partial charge on any atom is -0.421 e. The van der Waals surface area contributed by atoms with Crippen LogP contribution in [-0.2, 0) is 19.3 Å². The summed E-state index contributed by atoms with van der Waals surface area (Å²) < 4.78 is 35.8. The first-order chi connectivity index (χ1) is 24.8. The third-order valence-electron chi connectivity index (χ3n) is 10.2. The maximum Gasteiger partial charge on any atom is 0.257 e. The van der Waals surface area contributed by atoms with Crippen LogP contribution in [0.1, 0.15) is 81.2 Å². The van der Waals surface area contributed by atoms with Gasteiger partial charge in [-0.05, 0) is 90.9 Å². The summed E-state index contributed by atoms with van der Waals surface area (Å²) in [6, 6.07) is 13.6. The molecule has 2 aliphatic heterocycles. The third kappa shape index (κ3) is 5.17. The van der Waals surface area contributed by atoms with Crippen LogP contribution in [0, 0.1) is 29.9 Å².